The largest absolute Gasteiger partial charge is 0.384 e. The predicted octanol–water partition coefficient (Wildman–Crippen LogP) is 3.06. The van der Waals surface area contributed by atoms with Crippen LogP contribution in [0, 0.1) is 28.8 Å². The van der Waals surface area contributed by atoms with Crippen LogP contribution < -0.4 is 0 Å². The van der Waals surface area contributed by atoms with Crippen LogP contribution in [-0.2, 0) is 0 Å². The molecule has 0 aliphatic rings. The van der Waals surface area contributed by atoms with Gasteiger partial charge in [-0.15, -0.1) is 0 Å². The zero-order chi connectivity index (χ0) is 14.0. The average Bonchev–Trinajstić information content (AvgIpc) is 2.44. The van der Waals surface area contributed by atoms with Gasteiger partial charge in [0.2, 0.25) is 0 Å². The summed E-state index contributed by atoms with van der Waals surface area (Å²) in [7, 11) is 0. The van der Waals surface area contributed by atoms with E-state index in [1.54, 1.807) is 0 Å². The SMILES string of the molecule is N#Cc1cccc(C(O)c2ccc(F)c(F)c2F)c1. The highest BCUT2D eigenvalue weighted by Crippen LogP contribution is 2.27. The lowest BCUT2D eigenvalue weighted by atomic mass is 9.99. The number of aliphatic hydroxyl groups is 1. The zero-order valence-electron chi connectivity index (χ0n) is 9.57. The van der Waals surface area contributed by atoms with Gasteiger partial charge in [0.1, 0.15) is 6.10 Å². The molecule has 0 saturated heterocycles. The first kappa shape index (κ1) is 13.1. The van der Waals surface area contributed by atoms with E-state index in [2.05, 4.69) is 0 Å². The van der Waals surface area contributed by atoms with Crippen molar-refractivity contribution in [2.45, 2.75) is 6.10 Å². The van der Waals surface area contributed by atoms with Crippen LogP contribution in [0.3, 0.4) is 0 Å². The van der Waals surface area contributed by atoms with E-state index in [0.717, 1.165) is 12.1 Å². The van der Waals surface area contributed by atoms with Gasteiger partial charge in [-0.1, -0.05) is 18.2 Å². The number of hydrogen-bond acceptors (Lipinski definition) is 2. The van der Waals surface area contributed by atoms with Gasteiger partial charge in [0.25, 0.3) is 0 Å². The molecule has 0 bridgehead atoms. The van der Waals surface area contributed by atoms with E-state index in [1.807, 2.05) is 6.07 Å². The summed E-state index contributed by atoms with van der Waals surface area (Å²) in [5, 5.41) is 18.7. The van der Waals surface area contributed by atoms with Crippen LogP contribution in [0.2, 0.25) is 0 Å². The summed E-state index contributed by atoms with van der Waals surface area (Å²) >= 11 is 0. The number of rotatable bonds is 2. The lowest BCUT2D eigenvalue weighted by Gasteiger charge is -2.13. The smallest absolute Gasteiger partial charge is 0.194 e. The van der Waals surface area contributed by atoms with Gasteiger partial charge in [0, 0.05) is 5.56 Å². The van der Waals surface area contributed by atoms with Crippen molar-refractivity contribution in [1.82, 2.24) is 0 Å². The van der Waals surface area contributed by atoms with Gasteiger partial charge in [-0.2, -0.15) is 5.26 Å². The molecule has 0 spiro atoms. The minimum atomic E-state index is -1.63. The molecule has 0 amide bonds. The lowest BCUT2D eigenvalue weighted by molar-refractivity contribution is 0.212. The summed E-state index contributed by atoms with van der Waals surface area (Å²) in [6.07, 6.45) is -1.47. The maximum atomic E-state index is 13.5. The zero-order valence-corrected chi connectivity index (χ0v) is 9.57. The Morgan fingerprint density at radius 3 is 2.47 bits per heavy atom. The molecule has 2 aromatic rings. The Kier molecular flexibility index (Phi) is 3.54. The first-order valence-electron chi connectivity index (χ1n) is 5.36. The summed E-state index contributed by atoms with van der Waals surface area (Å²) in [5.74, 6) is -4.39. The molecule has 0 aromatic heterocycles. The number of benzene rings is 2. The molecule has 0 fully saturated rings. The maximum Gasteiger partial charge on any atom is 0.194 e. The molecule has 5 heteroatoms. The summed E-state index contributed by atoms with van der Waals surface area (Å²) < 4.78 is 39.4. The normalized spacial score (nSPS) is 11.9. The highest BCUT2D eigenvalue weighted by Gasteiger charge is 2.20. The van der Waals surface area contributed by atoms with Crippen molar-refractivity contribution in [3.05, 3.63) is 70.5 Å². The van der Waals surface area contributed by atoms with E-state index in [1.165, 1.54) is 24.3 Å². The van der Waals surface area contributed by atoms with Crippen LogP contribution >= 0.6 is 0 Å². The molecule has 0 aliphatic heterocycles. The van der Waals surface area contributed by atoms with Gasteiger partial charge < -0.3 is 5.11 Å². The second-order valence-electron chi connectivity index (χ2n) is 3.90. The lowest BCUT2D eigenvalue weighted by Crippen LogP contribution is -2.06. The Hall–Kier alpha value is -2.32. The Labute approximate surface area is 107 Å². The first-order chi connectivity index (χ1) is 9.04. The monoisotopic (exact) mass is 263 g/mol. The number of nitrogens with zero attached hydrogens (tertiary/aromatic N) is 1. The molecule has 2 rings (SSSR count). The molecule has 96 valence electrons. The molecule has 2 nitrogen and oxygen atoms in total. The Balaban J connectivity index is 2.47. The highest BCUT2D eigenvalue weighted by atomic mass is 19.2. The van der Waals surface area contributed by atoms with Crippen LogP contribution in [0.15, 0.2) is 36.4 Å². The van der Waals surface area contributed by atoms with Crippen molar-refractivity contribution < 1.29 is 18.3 Å². The van der Waals surface area contributed by atoms with Crippen molar-refractivity contribution in [3.8, 4) is 6.07 Å². The van der Waals surface area contributed by atoms with E-state index in [0.29, 0.717) is 0 Å². The first-order valence-corrected chi connectivity index (χ1v) is 5.36. The second-order valence-corrected chi connectivity index (χ2v) is 3.90. The summed E-state index contributed by atoms with van der Waals surface area (Å²) in [6.45, 7) is 0. The predicted molar refractivity (Wildman–Crippen MR) is 61.5 cm³/mol. The average molecular weight is 263 g/mol. The molecule has 2 aromatic carbocycles. The van der Waals surface area contributed by atoms with E-state index in [4.69, 9.17) is 5.26 Å². The van der Waals surface area contributed by atoms with Gasteiger partial charge in [-0.05, 0) is 23.8 Å². The van der Waals surface area contributed by atoms with E-state index >= 15 is 0 Å². The van der Waals surface area contributed by atoms with Crippen molar-refractivity contribution >= 4 is 0 Å². The number of hydrogen-bond donors (Lipinski definition) is 1. The summed E-state index contributed by atoms with van der Waals surface area (Å²) in [5.41, 5.74) is 0.123. The minimum Gasteiger partial charge on any atom is -0.384 e. The number of halogens is 3. The molecular weight excluding hydrogens is 255 g/mol. The van der Waals surface area contributed by atoms with Gasteiger partial charge in [-0.3, -0.25) is 0 Å². The summed E-state index contributed by atoms with van der Waals surface area (Å²) in [4.78, 5) is 0. The second kappa shape index (κ2) is 5.12. The molecule has 19 heavy (non-hydrogen) atoms. The quantitative estimate of drug-likeness (QED) is 0.846. The van der Waals surface area contributed by atoms with E-state index in [-0.39, 0.29) is 16.7 Å². The van der Waals surface area contributed by atoms with Crippen LogP contribution in [0.1, 0.15) is 22.8 Å². The van der Waals surface area contributed by atoms with Crippen LogP contribution in [0.25, 0.3) is 0 Å². The molecular formula is C14H8F3NO. The molecule has 1 atom stereocenters. The number of nitriles is 1. The van der Waals surface area contributed by atoms with E-state index in [9.17, 15) is 18.3 Å². The topological polar surface area (TPSA) is 44.0 Å². The van der Waals surface area contributed by atoms with Crippen molar-refractivity contribution in [1.29, 1.82) is 5.26 Å². The van der Waals surface area contributed by atoms with Crippen molar-refractivity contribution in [2.75, 3.05) is 0 Å². The van der Waals surface area contributed by atoms with Crippen LogP contribution in [-0.4, -0.2) is 5.11 Å². The summed E-state index contributed by atoms with van der Waals surface area (Å²) in [6, 6.07) is 9.42. The van der Waals surface area contributed by atoms with Gasteiger partial charge in [0.05, 0.1) is 11.6 Å². The standard InChI is InChI=1S/C14H8F3NO/c15-11-5-4-10(12(16)13(11)17)14(19)9-3-1-2-8(6-9)7-18/h1-6,14,19H. The third-order valence-electron chi connectivity index (χ3n) is 2.69. The van der Waals surface area contributed by atoms with Crippen molar-refractivity contribution in [3.63, 3.8) is 0 Å². The fourth-order valence-corrected chi connectivity index (χ4v) is 1.71. The van der Waals surface area contributed by atoms with Crippen molar-refractivity contribution in [2.24, 2.45) is 0 Å². The fraction of sp³-hybridized carbons (Fsp3) is 0.0714. The molecule has 0 heterocycles. The molecule has 0 radical (unpaired) electrons. The number of aliphatic hydroxyl groups excluding tert-OH is 1. The Morgan fingerprint density at radius 1 is 1.05 bits per heavy atom. The third-order valence-corrected chi connectivity index (χ3v) is 2.69. The minimum absolute atomic E-state index is 0.226. The van der Waals surface area contributed by atoms with Crippen LogP contribution in [0.4, 0.5) is 13.2 Å². The molecule has 0 aliphatic carbocycles. The van der Waals surface area contributed by atoms with Crippen LogP contribution in [0.5, 0.6) is 0 Å². The highest BCUT2D eigenvalue weighted by molar-refractivity contribution is 5.38. The van der Waals surface area contributed by atoms with Gasteiger partial charge >= 0.3 is 0 Å². The molecule has 1 N–H and O–H groups in total. The van der Waals surface area contributed by atoms with E-state index < -0.39 is 23.6 Å². The maximum absolute atomic E-state index is 13.5. The Morgan fingerprint density at radius 2 is 1.79 bits per heavy atom. The third kappa shape index (κ3) is 2.44. The Bertz CT molecular complexity index is 664. The molecule has 0 saturated carbocycles. The van der Waals surface area contributed by atoms with Gasteiger partial charge in [-0.25, -0.2) is 13.2 Å². The van der Waals surface area contributed by atoms with Gasteiger partial charge in [0.15, 0.2) is 17.5 Å². The molecule has 1 unspecified atom stereocenters. The fourth-order valence-electron chi connectivity index (χ4n) is 1.71.